The Hall–Kier alpha value is -4.39. The molecule has 5 rings (SSSR count). The first-order chi connectivity index (χ1) is 14.8. The van der Waals surface area contributed by atoms with Gasteiger partial charge in [0.2, 0.25) is 0 Å². The standard InChI is InChI=1S/C23H16N6O/c30-23(28-19-10-11-21(25-15-19)29-26-13-14-27-29)18-8-6-16(7-9-18)20-5-1-3-17-4-2-12-24-22(17)20/h1-15H,(H,28,30). The molecule has 3 heterocycles. The lowest BCUT2D eigenvalue weighted by Gasteiger charge is -2.08. The molecule has 0 fully saturated rings. The van der Waals surface area contributed by atoms with Gasteiger partial charge in [-0.05, 0) is 35.9 Å². The Morgan fingerprint density at radius 1 is 0.800 bits per heavy atom. The topological polar surface area (TPSA) is 85.6 Å². The minimum Gasteiger partial charge on any atom is -0.321 e. The van der Waals surface area contributed by atoms with Gasteiger partial charge < -0.3 is 5.32 Å². The maximum atomic E-state index is 12.6. The van der Waals surface area contributed by atoms with Gasteiger partial charge in [0.25, 0.3) is 5.91 Å². The first-order valence-corrected chi connectivity index (χ1v) is 9.36. The molecule has 0 atom stereocenters. The van der Waals surface area contributed by atoms with Crippen LogP contribution in [0, 0.1) is 0 Å². The molecule has 1 amide bonds. The lowest BCUT2D eigenvalue weighted by Crippen LogP contribution is -2.12. The lowest BCUT2D eigenvalue weighted by atomic mass is 10.0. The van der Waals surface area contributed by atoms with E-state index in [1.165, 1.54) is 4.80 Å². The fraction of sp³-hybridized carbons (Fsp3) is 0. The zero-order valence-corrected chi connectivity index (χ0v) is 15.8. The fourth-order valence-electron chi connectivity index (χ4n) is 3.25. The van der Waals surface area contributed by atoms with Gasteiger partial charge in [-0.2, -0.15) is 10.2 Å². The predicted octanol–water partition coefficient (Wildman–Crippen LogP) is 4.13. The van der Waals surface area contributed by atoms with Gasteiger partial charge in [0.1, 0.15) is 0 Å². The van der Waals surface area contributed by atoms with E-state index in [-0.39, 0.29) is 5.91 Å². The monoisotopic (exact) mass is 392 g/mol. The number of nitrogens with one attached hydrogen (secondary N) is 1. The van der Waals surface area contributed by atoms with Crippen LogP contribution in [0.2, 0.25) is 0 Å². The van der Waals surface area contributed by atoms with Gasteiger partial charge in [0.15, 0.2) is 5.82 Å². The summed E-state index contributed by atoms with van der Waals surface area (Å²) in [6.07, 6.45) is 6.52. The molecule has 0 aliphatic rings. The number of hydrogen-bond acceptors (Lipinski definition) is 5. The number of nitrogens with zero attached hydrogens (tertiary/aromatic N) is 5. The Morgan fingerprint density at radius 3 is 2.37 bits per heavy atom. The second-order valence-corrected chi connectivity index (χ2v) is 6.64. The molecule has 30 heavy (non-hydrogen) atoms. The van der Waals surface area contributed by atoms with Gasteiger partial charge in [0, 0.05) is 22.7 Å². The Labute approximate surface area is 172 Å². The van der Waals surface area contributed by atoms with E-state index in [0.717, 1.165) is 22.0 Å². The van der Waals surface area contributed by atoms with E-state index in [2.05, 4.69) is 25.5 Å². The van der Waals surface area contributed by atoms with E-state index < -0.39 is 0 Å². The molecule has 0 radical (unpaired) electrons. The number of amides is 1. The summed E-state index contributed by atoms with van der Waals surface area (Å²) in [5.41, 5.74) is 4.14. The number of benzene rings is 2. The maximum Gasteiger partial charge on any atom is 0.255 e. The zero-order chi connectivity index (χ0) is 20.3. The highest BCUT2D eigenvalue weighted by Gasteiger charge is 2.09. The number of carbonyl (C=O) groups excluding carboxylic acids is 1. The SMILES string of the molecule is O=C(Nc1ccc(-n2nccn2)nc1)c1ccc(-c2cccc3cccnc23)cc1. The molecule has 3 aromatic heterocycles. The molecule has 0 saturated carbocycles. The van der Waals surface area contributed by atoms with Crippen molar-refractivity contribution in [3.8, 4) is 16.9 Å². The van der Waals surface area contributed by atoms with Crippen molar-refractivity contribution in [3.63, 3.8) is 0 Å². The molecule has 1 N–H and O–H groups in total. The molecular weight excluding hydrogens is 376 g/mol. The highest BCUT2D eigenvalue weighted by atomic mass is 16.1. The van der Waals surface area contributed by atoms with E-state index in [4.69, 9.17) is 0 Å². The summed E-state index contributed by atoms with van der Waals surface area (Å²) in [7, 11) is 0. The molecule has 2 aromatic carbocycles. The number of anilines is 1. The minimum absolute atomic E-state index is 0.204. The van der Waals surface area contributed by atoms with Gasteiger partial charge in [-0.3, -0.25) is 9.78 Å². The van der Waals surface area contributed by atoms with Gasteiger partial charge in [0.05, 0.1) is 29.8 Å². The molecule has 7 nitrogen and oxygen atoms in total. The third kappa shape index (κ3) is 3.40. The van der Waals surface area contributed by atoms with Crippen LogP contribution in [-0.2, 0) is 0 Å². The van der Waals surface area contributed by atoms with E-state index in [9.17, 15) is 4.79 Å². The first kappa shape index (κ1) is 17.7. The van der Waals surface area contributed by atoms with E-state index >= 15 is 0 Å². The maximum absolute atomic E-state index is 12.6. The fourth-order valence-corrected chi connectivity index (χ4v) is 3.25. The number of carbonyl (C=O) groups is 1. The summed E-state index contributed by atoms with van der Waals surface area (Å²) < 4.78 is 0. The Bertz CT molecular complexity index is 1310. The van der Waals surface area contributed by atoms with Crippen LogP contribution in [0.25, 0.3) is 27.8 Å². The molecule has 0 aliphatic carbocycles. The second-order valence-electron chi connectivity index (χ2n) is 6.64. The van der Waals surface area contributed by atoms with Crippen LogP contribution < -0.4 is 5.32 Å². The van der Waals surface area contributed by atoms with Gasteiger partial charge in [-0.15, -0.1) is 4.80 Å². The average Bonchev–Trinajstić information content (AvgIpc) is 3.34. The molecular formula is C23H16N6O. The van der Waals surface area contributed by atoms with Crippen molar-refractivity contribution in [2.75, 3.05) is 5.32 Å². The molecule has 7 heteroatoms. The second kappa shape index (κ2) is 7.56. The average molecular weight is 392 g/mol. The quantitative estimate of drug-likeness (QED) is 0.497. The number of para-hydroxylation sites is 1. The van der Waals surface area contributed by atoms with Crippen LogP contribution in [0.3, 0.4) is 0 Å². The Morgan fingerprint density at radius 2 is 1.60 bits per heavy atom. The first-order valence-electron chi connectivity index (χ1n) is 9.36. The van der Waals surface area contributed by atoms with Crippen molar-refractivity contribution in [1.82, 2.24) is 25.0 Å². The van der Waals surface area contributed by atoms with Crippen LogP contribution in [0.1, 0.15) is 10.4 Å². The van der Waals surface area contributed by atoms with Crippen molar-refractivity contribution in [3.05, 3.63) is 97.1 Å². The van der Waals surface area contributed by atoms with E-state index in [1.54, 1.807) is 36.9 Å². The molecule has 0 spiro atoms. The molecule has 5 aromatic rings. The number of rotatable bonds is 4. The van der Waals surface area contributed by atoms with Crippen LogP contribution >= 0.6 is 0 Å². The minimum atomic E-state index is -0.204. The highest BCUT2D eigenvalue weighted by molar-refractivity contribution is 6.04. The molecule has 0 unspecified atom stereocenters. The van der Waals surface area contributed by atoms with Crippen molar-refractivity contribution in [2.24, 2.45) is 0 Å². The third-order valence-electron chi connectivity index (χ3n) is 4.72. The molecule has 0 saturated heterocycles. The lowest BCUT2D eigenvalue weighted by molar-refractivity contribution is 0.102. The summed E-state index contributed by atoms with van der Waals surface area (Å²) >= 11 is 0. The third-order valence-corrected chi connectivity index (χ3v) is 4.72. The van der Waals surface area contributed by atoms with Crippen molar-refractivity contribution in [1.29, 1.82) is 0 Å². The van der Waals surface area contributed by atoms with Gasteiger partial charge in [-0.1, -0.05) is 36.4 Å². The van der Waals surface area contributed by atoms with Crippen molar-refractivity contribution >= 4 is 22.5 Å². The molecule has 0 aliphatic heterocycles. The summed E-state index contributed by atoms with van der Waals surface area (Å²) in [6.45, 7) is 0. The summed E-state index contributed by atoms with van der Waals surface area (Å²) in [4.78, 5) is 22.8. The number of fused-ring (bicyclic) bond motifs is 1. The summed E-state index contributed by atoms with van der Waals surface area (Å²) in [5, 5.41) is 12.0. The van der Waals surface area contributed by atoms with E-state index in [1.807, 2.05) is 54.6 Å². The van der Waals surface area contributed by atoms with Crippen LogP contribution in [0.4, 0.5) is 5.69 Å². The molecule has 144 valence electrons. The van der Waals surface area contributed by atoms with Crippen molar-refractivity contribution in [2.45, 2.75) is 0 Å². The number of aromatic nitrogens is 5. The largest absolute Gasteiger partial charge is 0.321 e. The highest BCUT2D eigenvalue weighted by Crippen LogP contribution is 2.27. The normalized spacial score (nSPS) is 10.8. The smallest absolute Gasteiger partial charge is 0.255 e. The van der Waals surface area contributed by atoms with Crippen LogP contribution in [0.5, 0.6) is 0 Å². The van der Waals surface area contributed by atoms with Crippen molar-refractivity contribution < 1.29 is 4.79 Å². The summed E-state index contributed by atoms with van der Waals surface area (Å²) in [6, 6.07) is 21.0. The van der Waals surface area contributed by atoms with Crippen LogP contribution in [-0.4, -0.2) is 30.9 Å². The Kier molecular flexibility index (Phi) is 4.46. The molecule has 0 bridgehead atoms. The van der Waals surface area contributed by atoms with Crippen LogP contribution in [0.15, 0.2) is 91.5 Å². The number of hydrogen-bond donors (Lipinski definition) is 1. The summed E-state index contributed by atoms with van der Waals surface area (Å²) in [5.74, 6) is 0.371. The number of pyridine rings is 2. The van der Waals surface area contributed by atoms with E-state index in [0.29, 0.717) is 17.1 Å². The predicted molar refractivity (Wildman–Crippen MR) is 114 cm³/mol. The van der Waals surface area contributed by atoms with Gasteiger partial charge in [-0.25, -0.2) is 4.98 Å². The Balaban J connectivity index is 1.34. The van der Waals surface area contributed by atoms with Gasteiger partial charge >= 0.3 is 0 Å². The zero-order valence-electron chi connectivity index (χ0n) is 15.8.